The van der Waals surface area contributed by atoms with Crippen LogP contribution < -0.4 is 0 Å². The van der Waals surface area contributed by atoms with Gasteiger partial charge in [0.25, 0.3) is 0 Å². The van der Waals surface area contributed by atoms with E-state index < -0.39 is 0 Å². The smallest absolute Gasteiger partial charge is 0.308 e. The largest absolute Gasteiger partial charge is 0.464 e. The second-order valence-electron chi connectivity index (χ2n) is 14.9. The van der Waals surface area contributed by atoms with Gasteiger partial charge in [-0.05, 0) is 46.7 Å². The van der Waals surface area contributed by atoms with Crippen molar-refractivity contribution < 1.29 is 23.9 Å². The fourth-order valence-corrected chi connectivity index (χ4v) is 6.41. The van der Waals surface area contributed by atoms with Crippen LogP contribution in [0.5, 0.6) is 0 Å². The van der Waals surface area contributed by atoms with Gasteiger partial charge in [0.05, 0.1) is 24.9 Å². The zero-order chi connectivity index (χ0) is 36.5. The Morgan fingerprint density at radius 1 is 0.490 bits per heavy atom. The van der Waals surface area contributed by atoms with E-state index in [4.69, 9.17) is 9.47 Å². The van der Waals surface area contributed by atoms with Gasteiger partial charge in [-0.3, -0.25) is 14.4 Å². The highest BCUT2D eigenvalue weighted by atomic mass is 16.5. The summed E-state index contributed by atoms with van der Waals surface area (Å²) in [5, 5.41) is 0. The maximum atomic E-state index is 13.4. The van der Waals surface area contributed by atoms with E-state index in [2.05, 4.69) is 27.7 Å². The molecule has 3 atom stereocenters. The highest BCUT2D eigenvalue weighted by Gasteiger charge is 2.23. The Kier molecular flexibility index (Phi) is 32.4. The Balaban J connectivity index is 5.22. The Bertz CT molecular complexity index is 739. The number of nitrogens with zero attached hydrogens (tertiary/aromatic N) is 2. The molecule has 0 aliphatic carbocycles. The van der Waals surface area contributed by atoms with Gasteiger partial charge in [0.2, 0.25) is 5.91 Å². The molecule has 0 spiro atoms. The molecule has 0 saturated heterocycles. The first-order valence-corrected chi connectivity index (χ1v) is 21.0. The molecule has 0 radical (unpaired) electrons. The Morgan fingerprint density at radius 2 is 0.796 bits per heavy atom. The third kappa shape index (κ3) is 26.8. The van der Waals surface area contributed by atoms with E-state index in [-0.39, 0.29) is 48.9 Å². The summed E-state index contributed by atoms with van der Waals surface area (Å²) in [6.45, 7) is 11.9. The summed E-state index contributed by atoms with van der Waals surface area (Å²) >= 11 is 0. The molecule has 7 nitrogen and oxygen atoms in total. The molecule has 0 aliphatic heterocycles. The highest BCUT2D eigenvalue weighted by molar-refractivity contribution is 5.77. The Morgan fingerprint density at radius 3 is 1.12 bits per heavy atom. The van der Waals surface area contributed by atoms with Gasteiger partial charge in [-0.15, -0.1) is 0 Å². The molecule has 0 bridgehead atoms. The molecule has 49 heavy (non-hydrogen) atoms. The van der Waals surface area contributed by atoms with Crippen LogP contribution in [0, 0.1) is 11.8 Å². The van der Waals surface area contributed by atoms with Crippen LogP contribution in [-0.4, -0.2) is 74.1 Å². The predicted molar refractivity (Wildman–Crippen MR) is 207 cm³/mol. The number of hydrogen-bond acceptors (Lipinski definition) is 6. The van der Waals surface area contributed by atoms with Gasteiger partial charge in [0.1, 0.15) is 13.2 Å². The van der Waals surface area contributed by atoms with E-state index in [0.717, 1.165) is 64.2 Å². The number of unbranched alkanes of at least 4 members (excludes halogenated alkanes) is 16. The topological polar surface area (TPSA) is 76.1 Å². The minimum absolute atomic E-state index is 0.000289. The van der Waals surface area contributed by atoms with Gasteiger partial charge in [-0.25, -0.2) is 0 Å². The van der Waals surface area contributed by atoms with Crippen molar-refractivity contribution in [1.82, 2.24) is 9.80 Å². The van der Waals surface area contributed by atoms with Crippen molar-refractivity contribution in [3.05, 3.63) is 0 Å². The minimum Gasteiger partial charge on any atom is -0.464 e. The lowest BCUT2D eigenvalue weighted by Gasteiger charge is -2.27. The number of carbonyl (C=O) groups is 3. The lowest BCUT2D eigenvalue weighted by Crippen LogP contribution is -2.41. The zero-order valence-corrected chi connectivity index (χ0v) is 33.7. The van der Waals surface area contributed by atoms with Crippen molar-refractivity contribution in [2.45, 2.75) is 201 Å². The summed E-state index contributed by atoms with van der Waals surface area (Å²) in [6, 6.07) is 0.0785. The fourth-order valence-electron chi connectivity index (χ4n) is 6.41. The maximum Gasteiger partial charge on any atom is 0.308 e. The number of hydrogen-bond donors (Lipinski definition) is 0. The lowest BCUT2D eigenvalue weighted by atomic mass is 9.94. The SMILES string of the molecule is CCCCCCCCC(CCCCCC)C(=O)OCCN(CCOC(=O)C(CCCCCC)CCCCCCCC)C(=O)CC(C)N(C)C. The molecular weight excluding hydrogens is 612 g/mol. The highest BCUT2D eigenvalue weighted by Crippen LogP contribution is 2.22. The molecule has 0 aromatic rings. The summed E-state index contributed by atoms with van der Waals surface area (Å²) in [7, 11) is 3.95. The molecule has 0 rings (SSSR count). The number of rotatable bonds is 35. The molecule has 7 heteroatoms. The van der Waals surface area contributed by atoms with Gasteiger partial charge in [-0.1, -0.05) is 156 Å². The number of ether oxygens (including phenoxy) is 2. The first-order valence-electron chi connectivity index (χ1n) is 21.0. The van der Waals surface area contributed by atoms with Gasteiger partial charge in [0, 0.05) is 12.5 Å². The Labute approximate surface area is 304 Å². The van der Waals surface area contributed by atoms with Crippen molar-refractivity contribution in [2.75, 3.05) is 40.4 Å². The molecule has 0 saturated carbocycles. The Hall–Kier alpha value is -1.63. The van der Waals surface area contributed by atoms with Crippen LogP contribution in [-0.2, 0) is 23.9 Å². The van der Waals surface area contributed by atoms with Crippen LogP contribution >= 0.6 is 0 Å². The zero-order valence-electron chi connectivity index (χ0n) is 33.7. The number of carbonyl (C=O) groups excluding carboxylic acids is 3. The molecule has 1 amide bonds. The average molecular weight is 695 g/mol. The van der Waals surface area contributed by atoms with E-state index >= 15 is 0 Å². The van der Waals surface area contributed by atoms with Crippen LogP contribution in [0.25, 0.3) is 0 Å². The van der Waals surface area contributed by atoms with Gasteiger partial charge >= 0.3 is 11.9 Å². The number of esters is 2. The first kappa shape index (κ1) is 47.4. The van der Waals surface area contributed by atoms with Gasteiger partial charge in [0.15, 0.2) is 0 Å². The molecule has 0 N–H and O–H groups in total. The van der Waals surface area contributed by atoms with Crippen molar-refractivity contribution >= 4 is 17.8 Å². The van der Waals surface area contributed by atoms with Crippen LogP contribution in [0.2, 0.25) is 0 Å². The molecule has 0 fully saturated rings. The molecule has 290 valence electrons. The van der Waals surface area contributed by atoms with Crippen LogP contribution in [0.3, 0.4) is 0 Å². The van der Waals surface area contributed by atoms with Gasteiger partial charge < -0.3 is 19.3 Å². The van der Waals surface area contributed by atoms with Crippen LogP contribution in [0.1, 0.15) is 195 Å². The van der Waals surface area contributed by atoms with Crippen molar-refractivity contribution in [1.29, 1.82) is 0 Å². The third-order valence-corrected chi connectivity index (χ3v) is 10.2. The summed E-state index contributed by atoms with van der Waals surface area (Å²) in [5.41, 5.74) is 0. The summed E-state index contributed by atoms with van der Waals surface area (Å²) in [5.74, 6) is -0.373. The van der Waals surface area contributed by atoms with E-state index in [1.807, 2.05) is 25.9 Å². The minimum atomic E-state index is -0.119. The standard InChI is InChI=1S/C42H82N2O5/c1-8-12-16-20-22-26-30-38(28-24-18-14-10-3)41(46)48-34-32-44(40(45)36-37(5)43(6)7)33-35-49-42(47)39(29-25-19-15-11-4)31-27-23-21-17-13-9-2/h37-39H,8-36H2,1-7H3. The lowest BCUT2D eigenvalue weighted by molar-refractivity contribution is -0.152. The summed E-state index contributed by atoms with van der Waals surface area (Å²) < 4.78 is 11.7. The number of amides is 1. The van der Waals surface area contributed by atoms with Crippen molar-refractivity contribution in [2.24, 2.45) is 11.8 Å². The van der Waals surface area contributed by atoms with Crippen LogP contribution in [0.4, 0.5) is 0 Å². The van der Waals surface area contributed by atoms with E-state index in [1.54, 1.807) is 4.90 Å². The average Bonchev–Trinajstić information content (AvgIpc) is 3.08. The monoisotopic (exact) mass is 695 g/mol. The molecule has 0 aliphatic rings. The maximum absolute atomic E-state index is 13.4. The van der Waals surface area contributed by atoms with Crippen LogP contribution in [0.15, 0.2) is 0 Å². The second-order valence-corrected chi connectivity index (χ2v) is 14.9. The van der Waals surface area contributed by atoms with Gasteiger partial charge in [-0.2, -0.15) is 0 Å². The molecule has 0 heterocycles. The van der Waals surface area contributed by atoms with E-state index in [0.29, 0.717) is 19.5 Å². The predicted octanol–water partition coefficient (Wildman–Crippen LogP) is 10.9. The molecule has 0 aromatic carbocycles. The first-order chi connectivity index (χ1) is 23.7. The second kappa shape index (κ2) is 33.5. The van der Waals surface area contributed by atoms with Crippen molar-refractivity contribution in [3.8, 4) is 0 Å². The quantitative estimate of drug-likeness (QED) is 0.0485. The molecule has 0 aromatic heterocycles. The fraction of sp³-hybridized carbons (Fsp3) is 0.929. The van der Waals surface area contributed by atoms with E-state index in [1.165, 1.54) is 89.9 Å². The van der Waals surface area contributed by atoms with Crippen molar-refractivity contribution in [3.63, 3.8) is 0 Å². The third-order valence-electron chi connectivity index (χ3n) is 10.2. The molecular formula is C42H82N2O5. The molecule has 3 unspecified atom stereocenters. The summed E-state index contributed by atoms with van der Waals surface area (Å²) in [6.07, 6.45) is 27.6. The normalized spacial score (nSPS) is 13.3. The van der Waals surface area contributed by atoms with E-state index in [9.17, 15) is 14.4 Å². The summed E-state index contributed by atoms with van der Waals surface area (Å²) in [4.78, 5) is 43.7.